The lowest BCUT2D eigenvalue weighted by Crippen LogP contribution is -2.52. The normalized spacial score (nSPS) is 19.9. The molecule has 7 nitrogen and oxygen atoms in total. The van der Waals surface area contributed by atoms with Crippen molar-refractivity contribution < 1.29 is 19.5 Å². The Labute approximate surface area is 112 Å². The van der Waals surface area contributed by atoms with Crippen LogP contribution < -0.4 is 11.1 Å². The van der Waals surface area contributed by atoms with Crippen molar-refractivity contribution in [2.45, 2.75) is 38.6 Å². The van der Waals surface area contributed by atoms with Gasteiger partial charge in [0.2, 0.25) is 5.91 Å². The Morgan fingerprint density at radius 1 is 1.42 bits per heavy atom. The summed E-state index contributed by atoms with van der Waals surface area (Å²) in [5, 5.41) is 11.5. The van der Waals surface area contributed by atoms with Gasteiger partial charge in [0.05, 0.1) is 12.3 Å². The average molecular weight is 271 g/mol. The Hall–Kier alpha value is -1.79. The second-order valence-corrected chi connectivity index (χ2v) is 5.57. The quantitative estimate of drug-likeness (QED) is 0.675. The van der Waals surface area contributed by atoms with Gasteiger partial charge in [-0.15, -0.1) is 0 Å². The molecule has 108 valence electrons. The van der Waals surface area contributed by atoms with Crippen molar-refractivity contribution in [1.82, 2.24) is 10.2 Å². The average Bonchev–Trinajstić information content (AvgIpc) is 2.26. The predicted molar refractivity (Wildman–Crippen MR) is 68.4 cm³/mol. The monoisotopic (exact) mass is 271 g/mol. The minimum atomic E-state index is -0.965. The van der Waals surface area contributed by atoms with E-state index in [4.69, 9.17) is 10.8 Å². The number of carbonyl (C=O) groups excluding carboxylic acids is 2. The molecule has 19 heavy (non-hydrogen) atoms. The van der Waals surface area contributed by atoms with Crippen molar-refractivity contribution in [3.8, 4) is 0 Å². The Morgan fingerprint density at radius 3 is 2.58 bits per heavy atom. The van der Waals surface area contributed by atoms with Crippen LogP contribution >= 0.6 is 0 Å². The molecule has 1 fully saturated rings. The lowest BCUT2D eigenvalue weighted by Gasteiger charge is -2.33. The minimum Gasteiger partial charge on any atom is -0.481 e. The van der Waals surface area contributed by atoms with E-state index in [1.807, 2.05) is 0 Å². The first-order valence-corrected chi connectivity index (χ1v) is 6.29. The number of nitrogens with one attached hydrogen (secondary N) is 1. The van der Waals surface area contributed by atoms with Gasteiger partial charge in [0.1, 0.15) is 0 Å². The SMILES string of the molecule is CC(C)(CC(=O)O)NC(=O)C1CCCN(C(N)=O)C1. The maximum Gasteiger partial charge on any atom is 0.314 e. The summed E-state index contributed by atoms with van der Waals surface area (Å²) >= 11 is 0. The molecule has 0 spiro atoms. The zero-order valence-corrected chi connectivity index (χ0v) is 11.3. The van der Waals surface area contributed by atoms with E-state index in [0.717, 1.165) is 6.42 Å². The number of carbonyl (C=O) groups is 3. The number of aliphatic carboxylic acids is 1. The topological polar surface area (TPSA) is 113 Å². The highest BCUT2D eigenvalue weighted by Gasteiger charge is 2.31. The van der Waals surface area contributed by atoms with E-state index in [2.05, 4.69) is 5.32 Å². The van der Waals surface area contributed by atoms with Gasteiger partial charge in [0.15, 0.2) is 0 Å². The third kappa shape index (κ3) is 4.76. The molecule has 0 radical (unpaired) electrons. The lowest BCUT2D eigenvalue weighted by atomic mass is 9.94. The second kappa shape index (κ2) is 5.90. The van der Waals surface area contributed by atoms with E-state index < -0.39 is 17.5 Å². The number of urea groups is 1. The maximum absolute atomic E-state index is 12.1. The molecule has 7 heteroatoms. The van der Waals surface area contributed by atoms with Crippen LogP contribution in [-0.4, -0.2) is 46.5 Å². The highest BCUT2D eigenvalue weighted by Crippen LogP contribution is 2.18. The Bertz CT molecular complexity index is 381. The fourth-order valence-electron chi connectivity index (χ4n) is 2.25. The zero-order chi connectivity index (χ0) is 14.6. The number of hydrogen-bond acceptors (Lipinski definition) is 3. The van der Waals surface area contributed by atoms with Crippen LogP contribution in [0, 0.1) is 5.92 Å². The van der Waals surface area contributed by atoms with Crippen LogP contribution in [0.1, 0.15) is 33.1 Å². The van der Waals surface area contributed by atoms with Crippen LogP contribution in [0.4, 0.5) is 4.79 Å². The number of hydrogen-bond donors (Lipinski definition) is 3. The van der Waals surface area contributed by atoms with E-state index in [1.165, 1.54) is 4.90 Å². The maximum atomic E-state index is 12.1. The third-order valence-corrected chi connectivity index (χ3v) is 3.16. The zero-order valence-electron chi connectivity index (χ0n) is 11.3. The molecule has 1 aliphatic heterocycles. The first-order chi connectivity index (χ1) is 8.71. The van der Waals surface area contributed by atoms with Gasteiger partial charge < -0.3 is 21.1 Å². The van der Waals surface area contributed by atoms with Gasteiger partial charge >= 0.3 is 12.0 Å². The number of primary amides is 1. The van der Waals surface area contributed by atoms with Crippen molar-refractivity contribution in [3.05, 3.63) is 0 Å². The summed E-state index contributed by atoms with van der Waals surface area (Å²) in [6, 6.07) is -0.526. The van der Waals surface area contributed by atoms with Crippen LogP contribution in [0.2, 0.25) is 0 Å². The summed E-state index contributed by atoms with van der Waals surface area (Å²) in [6.45, 7) is 4.18. The molecule has 1 heterocycles. The molecule has 0 bridgehead atoms. The van der Waals surface area contributed by atoms with Crippen molar-refractivity contribution >= 4 is 17.9 Å². The van der Waals surface area contributed by atoms with Crippen molar-refractivity contribution in [3.63, 3.8) is 0 Å². The molecule has 0 aromatic rings. The molecule has 1 aliphatic rings. The molecule has 1 atom stereocenters. The largest absolute Gasteiger partial charge is 0.481 e. The second-order valence-electron chi connectivity index (χ2n) is 5.57. The van der Waals surface area contributed by atoms with E-state index in [9.17, 15) is 14.4 Å². The Kier molecular flexibility index (Phi) is 4.74. The molecular weight excluding hydrogens is 250 g/mol. The highest BCUT2D eigenvalue weighted by molar-refractivity contribution is 5.81. The van der Waals surface area contributed by atoms with Crippen LogP contribution in [-0.2, 0) is 9.59 Å². The third-order valence-electron chi connectivity index (χ3n) is 3.16. The fourth-order valence-corrected chi connectivity index (χ4v) is 2.25. The van der Waals surface area contributed by atoms with E-state index in [1.54, 1.807) is 13.8 Å². The van der Waals surface area contributed by atoms with E-state index >= 15 is 0 Å². The summed E-state index contributed by atoms with van der Waals surface area (Å²) in [7, 11) is 0. The van der Waals surface area contributed by atoms with E-state index in [0.29, 0.717) is 19.5 Å². The summed E-state index contributed by atoms with van der Waals surface area (Å²) in [5.41, 5.74) is 4.39. The molecule has 1 rings (SSSR count). The molecule has 0 aromatic heterocycles. The highest BCUT2D eigenvalue weighted by atomic mass is 16.4. The van der Waals surface area contributed by atoms with Gasteiger partial charge in [-0.3, -0.25) is 9.59 Å². The molecular formula is C12H21N3O4. The van der Waals surface area contributed by atoms with Gasteiger partial charge in [-0.1, -0.05) is 0 Å². The molecule has 3 amide bonds. The summed E-state index contributed by atoms with van der Waals surface area (Å²) in [6.07, 6.45) is 1.25. The molecule has 1 unspecified atom stereocenters. The fraction of sp³-hybridized carbons (Fsp3) is 0.750. The van der Waals surface area contributed by atoms with Crippen molar-refractivity contribution in [2.24, 2.45) is 11.7 Å². The van der Waals surface area contributed by atoms with Gasteiger partial charge in [0.25, 0.3) is 0 Å². The van der Waals surface area contributed by atoms with Crippen molar-refractivity contribution in [2.75, 3.05) is 13.1 Å². The van der Waals surface area contributed by atoms with Gasteiger partial charge in [-0.05, 0) is 26.7 Å². The summed E-state index contributed by atoms with van der Waals surface area (Å²) in [4.78, 5) is 35.3. The Morgan fingerprint density at radius 2 is 2.05 bits per heavy atom. The molecule has 0 saturated carbocycles. The number of rotatable bonds is 4. The van der Waals surface area contributed by atoms with Crippen LogP contribution in [0.3, 0.4) is 0 Å². The van der Waals surface area contributed by atoms with Crippen LogP contribution in [0.15, 0.2) is 0 Å². The number of likely N-dealkylation sites (tertiary alicyclic amines) is 1. The van der Waals surface area contributed by atoms with Crippen molar-refractivity contribution in [1.29, 1.82) is 0 Å². The minimum absolute atomic E-state index is 0.148. The first kappa shape index (κ1) is 15.3. The smallest absolute Gasteiger partial charge is 0.314 e. The standard InChI is InChI=1S/C12H21N3O4/c1-12(2,6-9(16)17)14-10(18)8-4-3-5-15(7-8)11(13)19/h8H,3-7H2,1-2H3,(H2,13,19)(H,14,18)(H,16,17). The van der Waals surface area contributed by atoms with Crippen LogP contribution in [0.5, 0.6) is 0 Å². The lowest BCUT2D eigenvalue weighted by molar-refractivity contribution is -0.139. The first-order valence-electron chi connectivity index (χ1n) is 6.29. The number of nitrogens with zero attached hydrogens (tertiary/aromatic N) is 1. The summed E-state index contributed by atoms with van der Waals surface area (Å²) in [5.74, 6) is -1.51. The van der Waals surface area contributed by atoms with E-state index in [-0.39, 0.29) is 18.2 Å². The number of carboxylic acids is 1. The van der Waals surface area contributed by atoms with Gasteiger partial charge in [0, 0.05) is 18.6 Å². The molecule has 0 aliphatic carbocycles. The Balaban J connectivity index is 2.57. The number of piperidine rings is 1. The molecule has 0 aromatic carbocycles. The number of nitrogens with two attached hydrogens (primary N) is 1. The summed E-state index contributed by atoms with van der Waals surface area (Å²) < 4.78 is 0. The number of amides is 3. The van der Waals surface area contributed by atoms with Gasteiger partial charge in [-0.2, -0.15) is 0 Å². The van der Waals surface area contributed by atoms with Crippen LogP contribution in [0.25, 0.3) is 0 Å². The molecule has 4 N–H and O–H groups in total. The number of carboxylic acid groups (broad SMARTS) is 1. The van der Waals surface area contributed by atoms with Gasteiger partial charge in [-0.25, -0.2) is 4.79 Å². The predicted octanol–water partition coefficient (Wildman–Crippen LogP) is 0.147. The molecule has 1 saturated heterocycles.